The molecule has 3 amide bonds. The first-order valence-electron chi connectivity index (χ1n) is 8.29. The van der Waals surface area contributed by atoms with E-state index in [-0.39, 0.29) is 11.9 Å². The van der Waals surface area contributed by atoms with Crippen LogP contribution in [0.5, 0.6) is 0 Å². The standard InChI is InChI=1S/C19H25N3O2/c1-14(13-22-19(24)21-11-10-20-15(2)23)12-17-8-5-7-16-6-3-4-9-18(16)17/h3-9,14H,10-13H2,1-2H3,(H,20,23)(H2,21,22,24)/t14-/m1/s1. The summed E-state index contributed by atoms with van der Waals surface area (Å²) in [5.74, 6) is 0.234. The van der Waals surface area contributed by atoms with Crippen LogP contribution in [0.1, 0.15) is 19.4 Å². The van der Waals surface area contributed by atoms with Crippen molar-refractivity contribution in [3.8, 4) is 0 Å². The highest BCUT2D eigenvalue weighted by Crippen LogP contribution is 2.20. The molecule has 0 spiro atoms. The van der Waals surface area contributed by atoms with Crippen LogP contribution in [0, 0.1) is 5.92 Å². The Balaban J connectivity index is 1.77. The molecule has 3 N–H and O–H groups in total. The first kappa shape index (κ1) is 17.8. The Morgan fingerprint density at radius 2 is 1.67 bits per heavy atom. The number of nitrogens with one attached hydrogen (secondary N) is 3. The van der Waals surface area contributed by atoms with Gasteiger partial charge in [0.05, 0.1) is 0 Å². The molecule has 5 heteroatoms. The molecule has 2 aromatic rings. The summed E-state index contributed by atoms with van der Waals surface area (Å²) >= 11 is 0. The van der Waals surface area contributed by atoms with Crippen LogP contribution in [0.4, 0.5) is 4.79 Å². The highest BCUT2D eigenvalue weighted by Gasteiger charge is 2.08. The molecular weight excluding hydrogens is 302 g/mol. The average molecular weight is 327 g/mol. The summed E-state index contributed by atoms with van der Waals surface area (Å²) in [4.78, 5) is 22.5. The van der Waals surface area contributed by atoms with Crippen LogP contribution < -0.4 is 16.0 Å². The summed E-state index contributed by atoms with van der Waals surface area (Å²) in [5.41, 5.74) is 1.30. The Bertz CT molecular complexity index is 695. The van der Waals surface area contributed by atoms with Gasteiger partial charge in [0.2, 0.25) is 5.91 Å². The van der Waals surface area contributed by atoms with Crippen LogP contribution >= 0.6 is 0 Å². The number of amides is 3. The minimum Gasteiger partial charge on any atom is -0.355 e. The van der Waals surface area contributed by atoms with Crippen molar-refractivity contribution in [1.29, 1.82) is 0 Å². The molecule has 0 bridgehead atoms. The predicted molar refractivity (Wildman–Crippen MR) is 96.9 cm³/mol. The molecule has 0 radical (unpaired) electrons. The second-order valence-corrected chi connectivity index (χ2v) is 6.07. The Hall–Kier alpha value is -2.56. The van der Waals surface area contributed by atoms with Crippen molar-refractivity contribution in [1.82, 2.24) is 16.0 Å². The van der Waals surface area contributed by atoms with Gasteiger partial charge in [-0.15, -0.1) is 0 Å². The maximum atomic E-state index is 11.7. The zero-order valence-corrected chi connectivity index (χ0v) is 14.3. The Morgan fingerprint density at radius 3 is 2.46 bits per heavy atom. The van der Waals surface area contributed by atoms with E-state index in [0.29, 0.717) is 25.6 Å². The second-order valence-electron chi connectivity index (χ2n) is 6.07. The molecule has 0 aliphatic rings. The lowest BCUT2D eigenvalue weighted by atomic mass is 9.96. The minimum absolute atomic E-state index is 0.0964. The molecular formula is C19H25N3O2. The molecule has 0 aliphatic heterocycles. The van der Waals surface area contributed by atoms with Gasteiger partial charge in [-0.2, -0.15) is 0 Å². The first-order chi connectivity index (χ1) is 11.6. The van der Waals surface area contributed by atoms with Gasteiger partial charge < -0.3 is 16.0 Å². The summed E-state index contributed by atoms with van der Waals surface area (Å²) in [6.45, 7) is 5.04. The van der Waals surface area contributed by atoms with Gasteiger partial charge in [0.25, 0.3) is 0 Å². The number of urea groups is 1. The molecule has 128 valence electrons. The monoisotopic (exact) mass is 327 g/mol. The van der Waals surface area contributed by atoms with Crippen molar-refractivity contribution in [2.24, 2.45) is 5.92 Å². The number of carbonyl (C=O) groups is 2. The third-order valence-corrected chi connectivity index (χ3v) is 3.84. The fourth-order valence-corrected chi connectivity index (χ4v) is 2.66. The van der Waals surface area contributed by atoms with Crippen molar-refractivity contribution in [2.45, 2.75) is 20.3 Å². The van der Waals surface area contributed by atoms with Crippen LogP contribution in [0.2, 0.25) is 0 Å². The first-order valence-corrected chi connectivity index (χ1v) is 8.29. The van der Waals surface area contributed by atoms with Gasteiger partial charge in [0.15, 0.2) is 0 Å². The van der Waals surface area contributed by atoms with Gasteiger partial charge in [0.1, 0.15) is 0 Å². The van der Waals surface area contributed by atoms with E-state index in [0.717, 1.165) is 6.42 Å². The third-order valence-electron chi connectivity index (χ3n) is 3.84. The molecule has 5 nitrogen and oxygen atoms in total. The highest BCUT2D eigenvalue weighted by atomic mass is 16.2. The molecule has 0 fully saturated rings. The molecule has 0 saturated carbocycles. The minimum atomic E-state index is -0.204. The molecule has 24 heavy (non-hydrogen) atoms. The van der Waals surface area contributed by atoms with E-state index in [9.17, 15) is 9.59 Å². The second kappa shape index (κ2) is 8.91. The molecule has 0 aromatic heterocycles. The Labute approximate surface area is 142 Å². The van der Waals surface area contributed by atoms with Gasteiger partial charge >= 0.3 is 6.03 Å². The van der Waals surface area contributed by atoms with E-state index < -0.39 is 0 Å². The number of rotatable bonds is 7. The van der Waals surface area contributed by atoms with Crippen molar-refractivity contribution < 1.29 is 9.59 Å². The van der Waals surface area contributed by atoms with E-state index in [2.05, 4.69) is 59.3 Å². The van der Waals surface area contributed by atoms with Crippen LogP contribution in [0.15, 0.2) is 42.5 Å². The SMILES string of the molecule is CC(=O)NCCNC(=O)NC[C@H](C)Cc1cccc2ccccc12. The third kappa shape index (κ3) is 5.57. The summed E-state index contributed by atoms with van der Waals surface area (Å²) < 4.78 is 0. The molecule has 0 saturated heterocycles. The molecule has 2 rings (SSSR count). The number of hydrogen-bond acceptors (Lipinski definition) is 2. The maximum Gasteiger partial charge on any atom is 0.314 e. The molecule has 0 aliphatic carbocycles. The molecule has 0 unspecified atom stereocenters. The predicted octanol–water partition coefficient (Wildman–Crippen LogP) is 2.45. The van der Waals surface area contributed by atoms with Gasteiger partial charge in [-0.3, -0.25) is 4.79 Å². The molecule has 2 aromatic carbocycles. The highest BCUT2D eigenvalue weighted by molar-refractivity contribution is 5.85. The van der Waals surface area contributed by atoms with Gasteiger partial charge in [-0.05, 0) is 28.7 Å². The quantitative estimate of drug-likeness (QED) is 0.684. The largest absolute Gasteiger partial charge is 0.355 e. The van der Waals surface area contributed by atoms with E-state index >= 15 is 0 Å². The Kier molecular flexibility index (Phi) is 6.61. The van der Waals surface area contributed by atoms with Crippen LogP contribution in [-0.2, 0) is 11.2 Å². The lowest BCUT2D eigenvalue weighted by Crippen LogP contribution is -2.41. The number of fused-ring (bicyclic) bond motifs is 1. The van der Waals surface area contributed by atoms with E-state index in [1.165, 1.54) is 23.3 Å². The molecule has 1 atom stereocenters. The van der Waals surface area contributed by atoms with Crippen LogP contribution in [-0.4, -0.2) is 31.6 Å². The molecule has 0 heterocycles. The summed E-state index contributed by atoms with van der Waals surface area (Å²) in [5, 5.41) is 10.7. The Morgan fingerprint density at radius 1 is 0.958 bits per heavy atom. The van der Waals surface area contributed by atoms with Crippen molar-refractivity contribution in [2.75, 3.05) is 19.6 Å². The maximum absolute atomic E-state index is 11.7. The van der Waals surface area contributed by atoms with Crippen LogP contribution in [0.3, 0.4) is 0 Å². The fraction of sp³-hybridized carbons (Fsp3) is 0.368. The number of hydrogen-bond donors (Lipinski definition) is 3. The zero-order valence-electron chi connectivity index (χ0n) is 14.3. The topological polar surface area (TPSA) is 70.2 Å². The van der Waals surface area contributed by atoms with Gasteiger partial charge in [0, 0.05) is 26.6 Å². The average Bonchev–Trinajstić information content (AvgIpc) is 2.57. The summed E-state index contributed by atoms with van der Waals surface area (Å²) in [6, 6.07) is 14.5. The lowest BCUT2D eigenvalue weighted by molar-refractivity contribution is -0.118. The van der Waals surface area contributed by atoms with E-state index in [1.807, 2.05) is 6.07 Å². The fourth-order valence-electron chi connectivity index (χ4n) is 2.66. The zero-order chi connectivity index (χ0) is 17.4. The van der Waals surface area contributed by atoms with Crippen molar-refractivity contribution >= 4 is 22.7 Å². The normalized spacial score (nSPS) is 11.8. The summed E-state index contributed by atoms with van der Waals surface area (Å²) in [7, 11) is 0. The van der Waals surface area contributed by atoms with Crippen molar-refractivity contribution in [3.63, 3.8) is 0 Å². The number of carbonyl (C=O) groups excluding carboxylic acids is 2. The summed E-state index contributed by atoms with van der Waals surface area (Å²) in [6.07, 6.45) is 0.910. The lowest BCUT2D eigenvalue weighted by Gasteiger charge is -2.15. The van der Waals surface area contributed by atoms with Gasteiger partial charge in [-0.25, -0.2) is 4.79 Å². The van der Waals surface area contributed by atoms with Crippen LogP contribution in [0.25, 0.3) is 10.8 Å². The van der Waals surface area contributed by atoms with E-state index in [4.69, 9.17) is 0 Å². The smallest absolute Gasteiger partial charge is 0.314 e. The van der Waals surface area contributed by atoms with Crippen molar-refractivity contribution in [3.05, 3.63) is 48.0 Å². The van der Waals surface area contributed by atoms with Gasteiger partial charge in [-0.1, -0.05) is 49.4 Å². The van der Waals surface area contributed by atoms with E-state index in [1.54, 1.807) is 0 Å². The number of benzene rings is 2.